The van der Waals surface area contributed by atoms with E-state index in [1.807, 2.05) is 13.1 Å². The van der Waals surface area contributed by atoms with Crippen LogP contribution >= 0.6 is 11.8 Å². The molecule has 0 amide bonds. The Labute approximate surface area is 119 Å². The van der Waals surface area contributed by atoms with Gasteiger partial charge in [-0.1, -0.05) is 12.1 Å². The van der Waals surface area contributed by atoms with Crippen molar-refractivity contribution in [3.8, 4) is 0 Å². The van der Waals surface area contributed by atoms with E-state index < -0.39 is 0 Å². The number of halogens is 1. The quantitative estimate of drug-likeness (QED) is 0.894. The summed E-state index contributed by atoms with van der Waals surface area (Å²) in [6, 6.07) is 7.17. The number of nitrogens with one attached hydrogen (secondary N) is 1. The second-order valence-corrected chi connectivity index (χ2v) is 6.22. The van der Waals surface area contributed by atoms with Crippen molar-refractivity contribution in [3.05, 3.63) is 35.6 Å². The number of rotatable bonds is 5. The van der Waals surface area contributed by atoms with Crippen molar-refractivity contribution in [1.29, 1.82) is 0 Å². The molecule has 2 rings (SSSR count). The fourth-order valence-electron chi connectivity index (χ4n) is 2.53. The predicted octanol–water partition coefficient (Wildman–Crippen LogP) is 2.92. The van der Waals surface area contributed by atoms with E-state index >= 15 is 0 Å². The van der Waals surface area contributed by atoms with Crippen LogP contribution in [0, 0.1) is 5.82 Å². The van der Waals surface area contributed by atoms with Crippen LogP contribution in [-0.4, -0.2) is 43.1 Å². The van der Waals surface area contributed by atoms with Crippen molar-refractivity contribution in [1.82, 2.24) is 10.2 Å². The zero-order valence-corrected chi connectivity index (χ0v) is 12.4. The first-order valence-electron chi connectivity index (χ1n) is 7.02. The second kappa shape index (κ2) is 7.88. The molecule has 0 aromatic heterocycles. The maximum Gasteiger partial charge on any atom is 0.123 e. The Morgan fingerprint density at radius 1 is 1.37 bits per heavy atom. The number of hydrogen-bond donors (Lipinski definition) is 1. The lowest BCUT2D eigenvalue weighted by atomic mass is 10.0. The summed E-state index contributed by atoms with van der Waals surface area (Å²) in [5, 5.41) is 3.30. The zero-order valence-electron chi connectivity index (χ0n) is 11.6. The molecule has 2 nitrogen and oxygen atoms in total. The number of benzene rings is 1. The highest BCUT2D eigenvalue weighted by atomic mass is 32.2. The maximum absolute atomic E-state index is 13.3. The van der Waals surface area contributed by atoms with Crippen LogP contribution in [0.5, 0.6) is 0 Å². The molecule has 1 atom stereocenters. The molecule has 0 radical (unpaired) electrons. The average Bonchev–Trinajstić information content (AvgIpc) is 2.68. The van der Waals surface area contributed by atoms with Crippen LogP contribution in [0.1, 0.15) is 24.4 Å². The minimum atomic E-state index is -0.149. The van der Waals surface area contributed by atoms with Crippen LogP contribution in [0.2, 0.25) is 0 Å². The summed E-state index contributed by atoms with van der Waals surface area (Å²) >= 11 is 2.05. The van der Waals surface area contributed by atoms with E-state index in [0.29, 0.717) is 0 Å². The van der Waals surface area contributed by atoms with E-state index in [0.717, 1.165) is 18.5 Å². The molecule has 0 bridgehead atoms. The highest BCUT2D eigenvalue weighted by Gasteiger charge is 2.14. The van der Waals surface area contributed by atoms with Crippen LogP contribution in [0.4, 0.5) is 4.39 Å². The molecule has 0 spiro atoms. The van der Waals surface area contributed by atoms with Gasteiger partial charge in [0, 0.05) is 18.3 Å². The molecule has 1 N–H and O–H groups in total. The topological polar surface area (TPSA) is 15.3 Å². The fourth-order valence-corrected chi connectivity index (χ4v) is 3.46. The molecule has 1 heterocycles. The summed E-state index contributed by atoms with van der Waals surface area (Å²) in [5.74, 6) is 2.38. The van der Waals surface area contributed by atoms with Gasteiger partial charge in [0.05, 0.1) is 0 Å². The number of hydrogen-bond acceptors (Lipinski definition) is 3. The third-order valence-electron chi connectivity index (χ3n) is 3.65. The second-order valence-electron chi connectivity index (χ2n) is 4.99. The fraction of sp³-hybridized carbons (Fsp3) is 0.600. The third kappa shape index (κ3) is 4.79. The molecule has 1 saturated heterocycles. The first-order chi connectivity index (χ1) is 9.29. The van der Waals surface area contributed by atoms with Crippen molar-refractivity contribution < 1.29 is 4.39 Å². The van der Waals surface area contributed by atoms with E-state index in [4.69, 9.17) is 0 Å². The lowest BCUT2D eigenvalue weighted by Gasteiger charge is -2.23. The number of nitrogens with zero attached hydrogens (tertiary/aromatic N) is 1. The van der Waals surface area contributed by atoms with Gasteiger partial charge in [-0.3, -0.25) is 0 Å². The Balaban J connectivity index is 1.88. The van der Waals surface area contributed by atoms with E-state index in [2.05, 4.69) is 22.0 Å². The largest absolute Gasteiger partial charge is 0.313 e. The lowest BCUT2D eigenvalue weighted by Crippen LogP contribution is -2.30. The molecular weight excluding hydrogens is 259 g/mol. The molecule has 1 aromatic rings. The predicted molar refractivity (Wildman–Crippen MR) is 81.2 cm³/mol. The monoisotopic (exact) mass is 282 g/mol. The van der Waals surface area contributed by atoms with Crippen LogP contribution in [-0.2, 0) is 0 Å². The van der Waals surface area contributed by atoms with Crippen molar-refractivity contribution in [2.45, 2.75) is 18.9 Å². The molecule has 0 saturated carbocycles. The molecule has 1 unspecified atom stereocenters. The molecule has 0 aliphatic carbocycles. The molecule has 1 fully saturated rings. The smallest absolute Gasteiger partial charge is 0.123 e. The minimum absolute atomic E-state index is 0.149. The molecule has 1 aliphatic rings. The summed E-state index contributed by atoms with van der Waals surface area (Å²) in [5.41, 5.74) is 1.05. The summed E-state index contributed by atoms with van der Waals surface area (Å²) in [6.07, 6.45) is 2.32. The van der Waals surface area contributed by atoms with Gasteiger partial charge in [-0.15, -0.1) is 0 Å². The molecule has 1 aromatic carbocycles. The van der Waals surface area contributed by atoms with Gasteiger partial charge in [-0.25, -0.2) is 4.39 Å². The molecular formula is C15H23FN2S. The molecule has 4 heteroatoms. The standard InChI is InChI=1S/C15H23FN2S/c1-17-15(13-4-2-5-14(16)12-13)6-8-18-7-3-10-19-11-9-18/h2,4-5,12,15,17H,3,6-11H2,1H3. The van der Waals surface area contributed by atoms with Crippen molar-refractivity contribution in [2.24, 2.45) is 0 Å². The van der Waals surface area contributed by atoms with Gasteiger partial charge in [-0.05, 0) is 56.4 Å². The summed E-state index contributed by atoms with van der Waals surface area (Å²) in [4.78, 5) is 2.53. The van der Waals surface area contributed by atoms with E-state index in [1.54, 1.807) is 12.1 Å². The van der Waals surface area contributed by atoms with Gasteiger partial charge in [-0.2, -0.15) is 11.8 Å². The lowest BCUT2D eigenvalue weighted by molar-refractivity contribution is 0.277. The summed E-state index contributed by atoms with van der Waals surface area (Å²) < 4.78 is 13.3. The average molecular weight is 282 g/mol. The normalized spacial score (nSPS) is 19.1. The zero-order chi connectivity index (χ0) is 13.5. The maximum atomic E-state index is 13.3. The van der Waals surface area contributed by atoms with Gasteiger partial charge < -0.3 is 10.2 Å². The summed E-state index contributed by atoms with van der Waals surface area (Å²) in [6.45, 7) is 3.47. The van der Waals surface area contributed by atoms with Crippen LogP contribution in [0.3, 0.4) is 0 Å². The van der Waals surface area contributed by atoms with E-state index in [9.17, 15) is 4.39 Å². The Hall–Kier alpha value is -0.580. The van der Waals surface area contributed by atoms with Gasteiger partial charge in [0.25, 0.3) is 0 Å². The molecule has 1 aliphatic heterocycles. The first-order valence-corrected chi connectivity index (χ1v) is 8.18. The molecule has 19 heavy (non-hydrogen) atoms. The Morgan fingerprint density at radius 3 is 3.05 bits per heavy atom. The molecule has 106 valence electrons. The van der Waals surface area contributed by atoms with Crippen LogP contribution < -0.4 is 5.32 Å². The number of thioether (sulfide) groups is 1. The van der Waals surface area contributed by atoms with Gasteiger partial charge in [0.1, 0.15) is 5.82 Å². The van der Waals surface area contributed by atoms with Crippen molar-refractivity contribution >= 4 is 11.8 Å². The first kappa shape index (κ1) is 14.8. The Morgan fingerprint density at radius 2 is 2.26 bits per heavy atom. The SMILES string of the molecule is CNC(CCN1CCCSCC1)c1cccc(F)c1. The highest BCUT2D eigenvalue weighted by molar-refractivity contribution is 7.99. The summed E-state index contributed by atoms with van der Waals surface area (Å²) in [7, 11) is 1.95. The minimum Gasteiger partial charge on any atom is -0.313 e. The van der Waals surface area contributed by atoms with Crippen LogP contribution in [0.25, 0.3) is 0 Å². The Kier molecular flexibility index (Phi) is 6.14. The van der Waals surface area contributed by atoms with E-state index in [1.165, 1.54) is 37.1 Å². The van der Waals surface area contributed by atoms with Crippen LogP contribution in [0.15, 0.2) is 24.3 Å². The Bertz CT molecular complexity index is 378. The van der Waals surface area contributed by atoms with Gasteiger partial charge >= 0.3 is 0 Å². The highest BCUT2D eigenvalue weighted by Crippen LogP contribution is 2.19. The van der Waals surface area contributed by atoms with Gasteiger partial charge in [0.2, 0.25) is 0 Å². The van der Waals surface area contributed by atoms with Crippen molar-refractivity contribution in [2.75, 3.05) is 38.2 Å². The van der Waals surface area contributed by atoms with Gasteiger partial charge in [0.15, 0.2) is 0 Å². The van der Waals surface area contributed by atoms with E-state index in [-0.39, 0.29) is 11.9 Å². The third-order valence-corrected chi connectivity index (χ3v) is 4.70. The van der Waals surface area contributed by atoms with Crippen molar-refractivity contribution in [3.63, 3.8) is 0 Å².